The highest BCUT2D eigenvalue weighted by Crippen LogP contribution is 2.30. The predicted octanol–water partition coefficient (Wildman–Crippen LogP) is 4.96. The molecule has 0 fully saturated rings. The molecule has 0 aliphatic carbocycles. The third-order valence-corrected chi connectivity index (χ3v) is 3.75. The Bertz CT molecular complexity index is 833. The molecule has 0 saturated carbocycles. The van der Waals surface area contributed by atoms with E-state index in [2.05, 4.69) is 10.6 Å². The van der Waals surface area contributed by atoms with Gasteiger partial charge >= 0.3 is 0 Å². The Morgan fingerprint density at radius 3 is 2.50 bits per heavy atom. The quantitative estimate of drug-likeness (QED) is 0.575. The average molecular weight is 368 g/mol. The summed E-state index contributed by atoms with van der Waals surface area (Å²) < 4.78 is 16.7. The molecule has 0 bridgehead atoms. The molecule has 0 unspecified atom stereocenters. The van der Waals surface area contributed by atoms with Crippen LogP contribution in [0.2, 0.25) is 0 Å². The van der Waals surface area contributed by atoms with Crippen LogP contribution in [-0.4, -0.2) is 11.7 Å². The minimum absolute atomic E-state index is 0.490. The fourth-order valence-electron chi connectivity index (χ4n) is 2.30. The van der Waals surface area contributed by atoms with E-state index >= 15 is 0 Å². The Hall–Kier alpha value is -2.99. The first-order valence-electron chi connectivity index (χ1n) is 8.31. The maximum atomic E-state index is 5.97. The van der Waals surface area contributed by atoms with Crippen molar-refractivity contribution >= 4 is 23.0 Å². The van der Waals surface area contributed by atoms with Gasteiger partial charge < -0.3 is 24.5 Å². The van der Waals surface area contributed by atoms with E-state index in [9.17, 15) is 0 Å². The van der Waals surface area contributed by atoms with Crippen molar-refractivity contribution in [2.45, 2.75) is 13.5 Å². The number of benzene rings is 2. The van der Waals surface area contributed by atoms with Gasteiger partial charge in [0.15, 0.2) is 10.9 Å². The Labute approximate surface area is 157 Å². The second-order valence-electron chi connectivity index (χ2n) is 5.39. The zero-order valence-corrected chi connectivity index (χ0v) is 15.2. The smallest absolute Gasteiger partial charge is 0.171 e. The second kappa shape index (κ2) is 8.92. The van der Waals surface area contributed by atoms with Gasteiger partial charge in [0.25, 0.3) is 0 Å². The van der Waals surface area contributed by atoms with Gasteiger partial charge in [0.05, 0.1) is 25.1 Å². The SMILES string of the molecule is CCOc1ccc(Oc2ccccc2NC(=S)NCc2ccco2)cc1. The van der Waals surface area contributed by atoms with Gasteiger partial charge in [-0.3, -0.25) is 0 Å². The minimum atomic E-state index is 0.490. The first-order valence-corrected chi connectivity index (χ1v) is 8.72. The zero-order chi connectivity index (χ0) is 18.2. The number of para-hydroxylation sites is 2. The van der Waals surface area contributed by atoms with Crippen LogP contribution in [0, 0.1) is 0 Å². The van der Waals surface area contributed by atoms with E-state index in [1.807, 2.05) is 67.6 Å². The molecular weight excluding hydrogens is 348 g/mol. The van der Waals surface area contributed by atoms with Crippen LogP contribution in [0.15, 0.2) is 71.3 Å². The van der Waals surface area contributed by atoms with Crippen LogP contribution < -0.4 is 20.1 Å². The van der Waals surface area contributed by atoms with Crippen LogP contribution in [-0.2, 0) is 6.54 Å². The zero-order valence-electron chi connectivity index (χ0n) is 14.4. The van der Waals surface area contributed by atoms with E-state index in [0.29, 0.717) is 24.0 Å². The number of hydrogen-bond donors (Lipinski definition) is 2. The van der Waals surface area contributed by atoms with Crippen LogP contribution >= 0.6 is 12.2 Å². The lowest BCUT2D eigenvalue weighted by molar-refractivity contribution is 0.339. The Kier molecular flexibility index (Phi) is 6.11. The first-order chi connectivity index (χ1) is 12.7. The van der Waals surface area contributed by atoms with Crippen LogP contribution in [0.3, 0.4) is 0 Å². The van der Waals surface area contributed by atoms with E-state index < -0.39 is 0 Å². The largest absolute Gasteiger partial charge is 0.494 e. The van der Waals surface area contributed by atoms with Gasteiger partial charge in [-0.05, 0) is 67.7 Å². The molecule has 0 aliphatic rings. The van der Waals surface area contributed by atoms with Crippen molar-refractivity contribution in [3.8, 4) is 17.2 Å². The van der Waals surface area contributed by atoms with E-state index in [4.69, 9.17) is 26.1 Å². The van der Waals surface area contributed by atoms with Crippen LogP contribution in [0.4, 0.5) is 5.69 Å². The van der Waals surface area contributed by atoms with Crippen LogP contribution in [0.5, 0.6) is 17.2 Å². The molecule has 0 saturated heterocycles. The molecule has 2 N–H and O–H groups in total. The van der Waals surface area contributed by atoms with Crippen molar-refractivity contribution in [2.75, 3.05) is 11.9 Å². The lowest BCUT2D eigenvalue weighted by atomic mass is 10.3. The summed E-state index contributed by atoms with van der Waals surface area (Å²) in [4.78, 5) is 0. The van der Waals surface area contributed by atoms with Gasteiger partial charge in [0.1, 0.15) is 17.3 Å². The number of anilines is 1. The van der Waals surface area contributed by atoms with Crippen molar-refractivity contribution in [3.05, 3.63) is 72.7 Å². The number of furan rings is 1. The fraction of sp³-hybridized carbons (Fsp3) is 0.150. The molecule has 1 heterocycles. The molecule has 0 radical (unpaired) electrons. The number of hydrogen-bond acceptors (Lipinski definition) is 4. The third kappa shape index (κ3) is 5.00. The molecule has 0 amide bonds. The molecule has 134 valence electrons. The molecule has 0 aliphatic heterocycles. The molecule has 1 aromatic heterocycles. The Morgan fingerprint density at radius 1 is 1.00 bits per heavy atom. The summed E-state index contributed by atoms with van der Waals surface area (Å²) in [7, 11) is 0. The fourth-order valence-corrected chi connectivity index (χ4v) is 2.49. The molecule has 5 nitrogen and oxygen atoms in total. The van der Waals surface area contributed by atoms with Gasteiger partial charge in [0.2, 0.25) is 0 Å². The van der Waals surface area contributed by atoms with Crippen LogP contribution in [0.25, 0.3) is 0 Å². The topological polar surface area (TPSA) is 55.7 Å². The lowest BCUT2D eigenvalue weighted by Crippen LogP contribution is -2.27. The number of rotatable bonds is 7. The van der Waals surface area contributed by atoms with Gasteiger partial charge in [-0.2, -0.15) is 0 Å². The van der Waals surface area contributed by atoms with Gasteiger partial charge in [0, 0.05) is 0 Å². The molecule has 3 rings (SSSR count). The highest BCUT2D eigenvalue weighted by Gasteiger charge is 2.07. The second-order valence-corrected chi connectivity index (χ2v) is 5.80. The Balaban J connectivity index is 1.62. The van der Waals surface area contributed by atoms with E-state index in [1.165, 1.54) is 0 Å². The van der Waals surface area contributed by atoms with Gasteiger partial charge in [-0.15, -0.1) is 0 Å². The molecule has 0 atom stereocenters. The summed E-state index contributed by atoms with van der Waals surface area (Å²) in [6.07, 6.45) is 1.63. The average Bonchev–Trinajstić information content (AvgIpc) is 3.17. The van der Waals surface area contributed by atoms with Crippen LogP contribution in [0.1, 0.15) is 12.7 Å². The third-order valence-electron chi connectivity index (χ3n) is 3.50. The number of nitrogens with one attached hydrogen (secondary N) is 2. The normalized spacial score (nSPS) is 10.2. The van der Waals surface area contributed by atoms with Crippen molar-refractivity contribution in [1.29, 1.82) is 0 Å². The summed E-state index contributed by atoms with van der Waals surface area (Å²) in [6.45, 7) is 3.10. The van der Waals surface area contributed by atoms with Crippen molar-refractivity contribution < 1.29 is 13.9 Å². The molecule has 2 aromatic carbocycles. The summed E-state index contributed by atoms with van der Waals surface area (Å²) in [5.74, 6) is 3.03. The summed E-state index contributed by atoms with van der Waals surface area (Å²) in [5.41, 5.74) is 0.776. The van der Waals surface area contributed by atoms with Gasteiger partial charge in [-0.1, -0.05) is 12.1 Å². The highest BCUT2D eigenvalue weighted by molar-refractivity contribution is 7.80. The van der Waals surface area contributed by atoms with E-state index in [-0.39, 0.29) is 0 Å². The number of thiocarbonyl (C=S) groups is 1. The summed E-state index contributed by atoms with van der Waals surface area (Å²) >= 11 is 5.34. The summed E-state index contributed by atoms with van der Waals surface area (Å²) in [5, 5.41) is 6.74. The maximum absolute atomic E-state index is 5.97. The Morgan fingerprint density at radius 2 is 1.77 bits per heavy atom. The van der Waals surface area contributed by atoms with Crippen molar-refractivity contribution in [3.63, 3.8) is 0 Å². The predicted molar refractivity (Wildman–Crippen MR) is 106 cm³/mol. The minimum Gasteiger partial charge on any atom is -0.494 e. The molecule has 0 spiro atoms. The highest BCUT2D eigenvalue weighted by atomic mass is 32.1. The van der Waals surface area contributed by atoms with E-state index in [1.54, 1.807) is 6.26 Å². The lowest BCUT2D eigenvalue weighted by Gasteiger charge is -2.14. The van der Waals surface area contributed by atoms with Crippen molar-refractivity contribution in [2.24, 2.45) is 0 Å². The van der Waals surface area contributed by atoms with E-state index in [0.717, 1.165) is 22.9 Å². The van der Waals surface area contributed by atoms with Gasteiger partial charge in [-0.25, -0.2) is 0 Å². The molecular formula is C20H20N2O3S. The number of ether oxygens (including phenoxy) is 2. The maximum Gasteiger partial charge on any atom is 0.171 e. The molecule has 6 heteroatoms. The molecule has 26 heavy (non-hydrogen) atoms. The standard InChI is InChI=1S/C20H20N2O3S/c1-2-23-15-9-11-16(12-10-15)25-19-8-4-3-7-18(19)22-20(26)21-14-17-6-5-13-24-17/h3-13H,2,14H2,1H3,(H2,21,22,26). The molecule has 3 aromatic rings. The summed E-state index contributed by atoms with van der Waals surface area (Å²) in [6, 6.07) is 18.8. The van der Waals surface area contributed by atoms with Crippen molar-refractivity contribution in [1.82, 2.24) is 5.32 Å². The first kappa shape index (κ1) is 17.8. The monoisotopic (exact) mass is 368 g/mol.